The molecular formula is C19H24N2O6. The number of fused-ring (bicyclic) bond motifs is 1. The summed E-state index contributed by atoms with van der Waals surface area (Å²) in [5, 5.41) is 11.4. The van der Waals surface area contributed by atoms with Crippen LogP contribution in [0.1, 0.15) is 66.7 Å². The van der Waals surface area contributed by atoms with Crippen molar-refractivity contribution in [3.63, 3.8) is 0 Å². The van der Waals surface area contributed by atoms with Crippen molar-refractivity contribution in [2.75, 3.05) is 18.5 Å². The van der Waals surface area contributed by atoms with Crippen LogP contribution in [0.3, 0.4) is 0 Å². The number of aliphatic carboxylic acids is 1. The first-order valence-corrected chi connectivity index (χ1v) is 9.01. The molecule has 0 saturated carbocycles. The highest BCUT2D eigenvalue weighted by molar-refractivity contribution is 6.22. The summed E-state index contributed by atoms with van der Waals surface area (Å²) in [5.41, 5.74) is 0.605. The Balaban J connectivity index is 2.24. The van der Waals surface area contributed by atoms with Gasteiger partial charge >= 0.3 is 5.97 Å². The third-order valence-electron chi connectivity index (χ3n) is 4.19. The predicted octanol–water partition coefficient (Wildman–Crippen LogP) is 2.67. The molecule has 27 heavy (non-hydrogen) atoms. The van der Waals surface area contributed by atoms with Crippen LogP contribution in [0.4, 0.5) is 5.69 Å². The van der Waals surface area contributed by atoms with E-state index in [1.165, 1.54) is 19.1 Å². The van der Waals surface area contributed by atoms with Crippen LogP contribution in [0.25, 0.3) is 0 Å². The van der Waals surface area contributed by atoms with Crippen LogP contribution in [0.5, 0.6) is 5.75 Å². The SMILES string of the molecule is CCCCCCOc1cc2c(cc1NC(C)=O)C(=O)N(CCC(=O)O)C2=O. The van der Waals surface area contributed by atoms with Crippen LogP contribution in [0, 0.1) is 0 Å². The van der Waals surface area contributed by atoms with Gasteiger partial charge in [0.2, 0.25) is 5.91 Å². The van der Waals surface area contributed by atoms with Crippen molar-refractivity contribution in [3.05, 3.63) is 23.3 Å². The molecule has 1 aromatic carbocycles. The monoisotopic (exact) mass is 376 g/mol. The first-order chi connectivity index (χ1) is 12.8. The van der Waals surface area contributed by atoms with Gasteiger partial charge in [0.25, 0.3) is 11.8 Å². The van der Waals surface area contributed by atoms with E-state index in [1.54, 1.807) is 0 Å². The Bertz CT molecular complexity index is 759. The van der Waals surface area contributed by atoms with Crippen LogP contribution in [0.2, 0.25) is 0 Å². The molecule has 0 aromatic heterocycles. The van der Waals surface area contributed by atoms with Gasteiger partial charge in [-0.3, -0.25) is 24.1 Å². The Morgan fingerprint density at radius 3 is 2.37 bits per heavy atom. The first-order valence-electron chi connectivity index (χ1n) is 9.01. The quantitative estimate of drug-likeness (QED) is 0.479. The number of carboxylic acids is 1. The third-order valence-corrected chi connectivity index (χ3v) is 4.19. The number of benzene rings is 1. The molecule has 1 heterocycles. The van der Waals surface area contributed by atoms with Crippen molar-refractivity contribution in [3.8, 4) is 5.75 Å². The zero-order chi connectivity index (χ0) is 20.0. The maximum atomic E-state index is 12.5. The molecule has 1 aliphatic rings. The second kappa shape index (κ2) is 9.16. The van der Waals surface area contributed by atoms with E-state index in [1.807, 2.05) is 0 Å². The van der Waals surface area contributed by atoms with Gasteiger partial charge in [-0.25, -0.2) is 0 Å². The number of unbranched alkanes of at least 4 members (excludes halogenated alkanes) is 3. The fourth-order valence-corrected chi connectivity index (χ4v) is 2.84. The second-order valence-electron chi connectivity index (χ2n) is 6.39. The molecule has 3 amide bonds. The van der Waals surface area contributed by atoms with Gasteiger partial charge in [0, 0.05) is 13.5 Å². The molecule has 0 radical (unpaired) electrons. The summed E-state index contributed by atoms with van der Waals surface area (Å²) in [6, 6.07) is 2.86. The second-order valence-corrected chi connectivity index (χ2v) is 6.39. The Kier molecular flexibility index (Phi) is 6.92. The average Bonchev–Trinajstić information content (AvgIpc) is 2.83. The number of nitrogens with zero attached hydrogens (tertiary/aromatic N) is 1. The number of anilines is 1. The zero-order valence-corrected chi connectivity index (χ0v) is 15.5. The van der Waals surface area contributed by atoms with Crippen molar-refractivity contribution in [1.29, 1.82) is 0 Å². The number of carbonyl (C=O) groups is 4. The molecular weight excluding hydrogens is 352 g/mol. The van der Waals surface area contributed by atoms with Crippen LogP contribution in [-0.2, 0) is 9.59 Å². The van der Waals surface area contributed by atoms with Crippen LogP contribution >= 0.6 is 0 Å². The summed E-state index contributed by atoms with van der Waals surface area (Å²) >= 11 is 0. The van der Waals surface area contributed by atoms with E-state index in [4.69, 9.17) is 9.84 Å². The smallest absolute Gasteiger partial charge is 0.305 e. The Labute approximate surface area is 157 Å². The molecule has 0 saturated heterocycles. The molecule has 0 unspecified atom stereocenters. The number of nitrogens with one attached hydrogen (secondary N) is 1. The molecule has 2 N–H and O–H groups in total. The normalized spacial score (nSPS) is 12.9. The van der Waals surface area contributed by atoms with Gasteiger partial charge in [-0.2, -0.15) is 0 Å². The fraction of sp³-hybridized carbons (Fsp3) is 0.474. The molecule has 0 bridgehead atoms. The standard InChI is InChI=1S/C19H24N2O6/c1-3-4-5-6-9-27-16-11-14-13(10-15(16)20-12(2)22)18(25)21(19(14)26)8-7-17(23)24/h10-11H,3-9H2,1-2H3,(H,20,22)(H,23,24). The van der Waals surface area contributed by atoms with E-state index in [0.29, 0.717) is 18.0 Å². The van der Waals surface area contributed by atoms with Crippen molar-refractivity contribution in [2.45, 2.75) is 46.0 Å². The lowest BCUT2D eigenvalue weighted by Crippen LogP contribution is -2.31. The van der Waals surface area contributed by atoms with E-state index < -0.39 is 17.8 Å². The minimum absolute atomic E-state index is 0.132. The largest absolute Gasteiger partial charge is 0.491 e. The van der Waals surface area contributed by atoms with Gasteiger partial charge in [-0.1, -0.05) is 26.2 Å². The molecule has 146 valence electrons. The van der Waals surface area contributed by atoms with E-state index in [9.17, 15) is 19.2 Å². The third kappa shape index (κ3) is 5.06. The maximum Gasteiger partial charge on any atom is 0.305 e. The maximum absolute atomic E-state index is 12.5. The number of rotatable bonds is 10. The molecule has 0 fully saturated rings. The average molecular weight is 376 g/mol. The van der Waals surface area contributed by atoms with Crippen molar-refractivity contribution >= 4 is 29.4 Å². The summed E-state index contributed by atoms with van der Waals surface area (Å²) < 4.78 is 5.74. The fourth-order valence-electron chi connectivity index (χ4n) is 2.84. The molecule has 8 nitrogen and oxygen atoms in total. The highest BCUT2D eigenvalue weighted by atomic mass is 16.5. The minimum atomic E-state index is -1.10. The van der Waals surface area contributed by atoms with E-state index >= 15 is 0 Å². The molecule has 1 aromatic rings. The Morgan fingerprint density at radius 2 is 1.78 bits per heavy atom. The number of carboxylic acid groups (broad SMARTS) is 1. The summed E-state index contributed by atoms with van der Waals surface area (Å²) in [6.45, 7) is 3.67. The highest BCUT2D eigenvalue weighted by Gasteiger charge is 2.37. The lowest BCUT2D eigenvalue weighted by Gasteiger charge is -2.13. The van der Waals surface area contributed by atoms with Crippen LogP contribution in [-0.4, -0.2) is 46.8 Å². The van der Waals surface area contributed by atoms with Crippen molar-refractivity contribution < 1.29 is 29.0 Å². The number of amides is 3. The summed E-state index contributed by atoms with van der Waals surface area (Å²) in [6.07, 6.45) is 3.71. The van der Waals surface area contributed by atoms with Gasteiger partial charge in [0.05, 0.1) is 29.8 Å². The van der Waals surface area contributed by atoms with Gasteiger partial charge in [-0.05, 0) is 18.6 Å². The topological polar surface area (TPSA) is 113 Å². The minimum Gasteiger partial charge on any atom is -0.491 e. The van der Waals surface area contributed by atoms with Crippen molar-refractivity contribution in [1.82, 2.24) is 4.90 Å². The Hall–Kier alpha value is -2.90. The van der Waals surface area contributed by atoms with Gasteiger partial charge in [-0.15, -0.1) is 0 Å². The van der Waals surface area contributed by atoms with Gasteiger partial charge in [0.15, 0.2) is 0 Å². The molecule has 0 atom stereocenters. The van der Waals surface area contributed by atoms with Crippen LogP contribution < -0.4 is 10.1 Å². The zero-order valence-electron chi connectivity index (χ0n) is 15.5. The lowest BCUT2D eigenvalue weighted by atomic mass is 10.1. The number of ether oxygens (including phenoxy) is 1. The van der Waals surface area contributed by atoms with Gasteiger partial charge < -0.3 is 15.2 Å². The molecule has 0 spiro atoms. The van der Waals surface area contributed by atoms with Crippen LogP contribution in [0.15, 0.2) is 12.1 Å². The lowest BCUT2D eigenvalue weighted by molar-refractivity contribution is -0.137. The van der Waals surface area contributed by atoms with Crippen molar-refractivity contribution in [2.24, 2.45) is 0 Å². The summed E-state index contributed by atoms with van der Waals surface area (Å²) in [5.74, 6) is -2.23. The van der Waals surface area contributed by atoms with E-state index in [2.05, 4.69) is 12.2 Å². The molecule has 8 heteroatoms. The Morgan fingerprint density at radius 1 is 1.11 bits per heavy atom. The molecule has 1 aliphatic heterocycles. The summed E-state index contributed by atoms with van der Waals surface area (Å²) in [4.78, 5) is 48.1. The van der Waals surface area contributed by atoms with E-state index in [-0.39, 0.29) is 30.0 Å². The molecule has 0 aliphatic carbocycles. The number of hydrogen-bond acceptors (Lipinski definition) is 5. The highest BCUT2D eigenvalue weighted by Crippen LogP contribution is 2.34. The molecule has 2 rings (SSSR count). The van der Waals surface area contributed by atoms with E-state index in [0.717, 1.165) is 30.6 Å². The number of hydrogen-bond donors (Lipinski definition) is 2. The van der Waals surface area contributed by atoms with Gasteiger partial charge in [0.1, 0.15) is 5.75 Å². The number of imide groups is 1. The first kappa shape index (κ1) is 20.4. The summed E-state index contributed by atoms with van der Waals surface area (Å²) in [7, 11) is 0. The number of carbonyl (C=O) groups excluding carboxylic acids is 3. The predicted molar refractivity (Wildman–Crippen MR) is 98.0 cm³/mol.